The van der Waals surface area contributed by atoms with Crippen molar-refractivity contribution in [1.82, 2.24) is 9.62 Å². The van der Waals surface area contributed by atoms with Crippen LogP contribution in [0, 0.1) is 0 Å². The van der Waals surface area contributed by atoms with Crippen molar-refractivity contribution in [3.63, 3.8) is 0 Å². The van der Waals surface area contributed by atoms with E-state index in [9.17, 15) is 13.5 Å². The smallest absolute Gasteiger partial charge is 0.243 e. The van der Waals surface area contributed by atoms with E-state index in [0.29, 0.717) is 13.1 Å². The molecule has 5 nitrogen and oxygen atoms in total. The fourth-order valence-electron chi connectivity index (χ4n) is 2.69. The minimum absolute atomic E-state index is 0.253. The lowest BCUT2D eigenvalue weighted by molar-refractivity contribution is 0.136. The molecule has 2 atom stereocenters. The summed E-state index contributed by atoms with van der Waals surface area (Å²) in [5.41, 5.74) is 0. The first kappa shape index (κ1) is 14.5. The lowest BCUT2D eigenvalue weighted by atomic mass is 10.1. The molecular formula is C15H18N2O3S. The average molecular weight is 306 g/mol. The first-order valence-electron chi connectivity index (χ1n) is 6.86. The van der Waals surface area contributed by atoms with Gasteiger partial charge < -0.3 is 10.4 Å². The quantitative estimate of drug-likeness (QED) is 0.880. The topological polar surface area (TPSA) is 69.6 Å². The fourth-order valence-corrected chi connectivity index (χ4v) is 4.11. The molecule has 6 heteroatoms. The summed E-state index contributed by atoms with van der Waals surface area (Å²) in [7, 11) is -2.09. The van der Waals surface area contributed by atoms with E-state index < -0.39 is 22.2 Å². The molecule has 0 bridgehead atoms. The van der Waals surface area contributed by atoms with Crippen molar-refractivity contribution in [2.24, 2.45) is 0 Å². The van der Waals surface area contributed by atoms with E-state index in [4.69, 9.17) is 0 Å². The highest BCUT2D eigenvalue weighted by atomic mass is 32.2. The molecule has 2 N–H and O–H groups in total. The number of nitrogens with one attached hydrogen (secondary N) is 1. The Hall–Kier alpha value is -1.47. The van der Waals surface area contributed by atoms with Gasteiger partial charge in [-0.1, -0.05) is 30.3 Å². The average Bonchev–Trinajstić information content (AvgIpc) is 2.92. The summed E-state index contributed by atoms with van der Waals surface area (Å²) in [6.45, 7) is 0.882. The lowest BCUT2D eigenvalue weighted by Crippen LogP contribution is -2.44. The highest BCUT2D eigenvalue weighted by Crippen LogP contribution is 2.23. The number of aliphatic hydroxyl groups excluding tert-OH is 1. The van der Waals surface area contributed by atoms with Crippen molar-refractivity contribution >= 4 is 20.8 Å². The molecular weight excluding hydrogens is 288 g/mol. The predicted molar refractivity (Wildman–Crippen MR) is 81.6 cm³/mol. The largest absolute Gasteiger partial charge is 0.390 e. The Morgan fingerprint density at radius 2 is 1.86 bits per heavy atom. The second-order valence-corrected chi connectivity index (χ2v) is 7.32. The van der Waals surface area contributed by atoms with Crippen LogP contribution in [0.3, 0.4) is 0 Å². The maximum atomic E-state index is 12.7. The Balaban J connectivity index is 1.99. The van der Waals surface area contributed by atoms with Crippen molar-refractivity contribution in [1.29, 1.82) is 0 Å². The highest BCUT2D eigenvalue weighted by Gasteiger charge is 2.35. The summed E-state index contributed by atoms with van der Waals surface area (Å²) in [5.74, 6) is 0. The molecule has 1 fully saturated rings. The Bertz CT molecular complexity index is 760. The summed E-state index contributed by atoms with van der Waals surface area (Å²) in [5, 5.41) is 14.8. The molecule has 112 valence electrons. The van der Waals surface area contributed by atoms with Crippen molar-refractivity contribution in [3.05, 3.63) is 42.5 Å². The van der Waals surface area contributed by atoms with Gasteiger partial charge in [0.2, 0.25) is 10.0 Å². The second kappa shape index (κ2) is 5.38. The first-order chi connectivity index (χ1) is 10.00. The fraction of sp³-hybridized carbons (Fsp3) is 0.333. The molecule has 0 amide bonds. The van der Waals surface area contributed by atoms with Gasteiger partial charge in [0.25, 0.3) is 0 Å². The number of fused-ring (bicyclic) bond motifs is 1. The molecule has 0 aliphatic carbocycles. The van der Waals surface area contributed by atoms with Crippen molar-refractivity contribution in [2.75, 3.05) is 20.1 Å². The number of sulfonamides is 1. The van der Waals surface area contributed by atoms with Gasteiger partial charge in [0.1, 0.15) is 0 Å². The van der Waals surface area contributed by atoms with Gasteiger partial charge >= 0.3 is 0 Å². The van der Waals surface area contributed by atoms with Gasteiger partial charge in [0.15, 0.2) is 0 Å². The van der Waals surface area contributed by atoms with E-state index in [2.05, 4.69) is 5.32 Å². The minimum atomic E-state index is -3.61. The van der Waals surface area contributed by atoms with Crippen LogP contribution in [0.4, 0.5) is 0 Å². The first-order valence-corrected chi connectivity index (χ1v) is 8.30. The van der Waals surface area contributed by atoms with Crippen LogP contribution >= 0.6 is 0 Å². The van der Waals surface area contributed by atoms with Crippen molar-refractivity contribution in [3.8, 4) is 0 Å². The molecule has 0 saturated carbocycles. The van der Waals surface area contributed by atoms with E-state index in [1.54, 1.807) is 18.2 Å². The van der Waals surface area contributed by atoms with Crippen LogP contribution < -0.4 is 5.32 Å². The summed E-state index contributed by atoms with van der Waals surface area (Å²) >= 11 is 0. The minimum Gasteiger partial charge on any atom is -0.390 e. The summed E-state index contributed by atoms with van der Waals surface area (Å²) in [6, 6.07) is 12.3. The predicted octanol–water partition coefficient (Wildman–Crippen LogP) is 0.793. The van der Waals surface area contributed by atoms with E-state index >= 15 is 0 Å². The standard InChI is InChI=1S/C15H18N2O3S/c1-17(14-9-16-10-15(14)18)21(19,20)13-7-6-11-4-2-3-5-12(11)8-13/h2-8,14-16,18H,9-10H2,1H3/t14-,15-/m1/s1. The summed E-state index contributed by atoms with van der Waals surface area (Å²) in [4.78, 5) is 0.253. The number of β-amino-alcohol motifs (C(OH)–C–C–N with tert-alkyl or cyclic N) is 1. The normalized spacial score (nSPS) is 23.0. The number of rotatable bonds is 3. The highest BCUT2D eigenvalue weighted by molar-refractivity contribution is 7.89. The molecule has 0 radical (unpaired) electrons. The molecule has 2 aromatic carbocycles. The van der Waals surface area contributed by atoms with Crippen molar-refractivity contribution < 1.29 is 13.5 Å². The number of aliphatic hydroxyl groups is 1. The van der Waals surface area contributed by atoms with Crippen LogP contribution in [0.1, 0.15) is 0 Å². The van der Waals surface area contributed by atoms with Gasteiger partial charge in [-0.15, -0.1) is 0 Å². The second-order valence-electron chi connectivity index (χ2n) is 5.32. The van der Waals surface area contributed by atoms with E-state index in [1.165, 1.54) is 11.4 Å². The number of likely N-dealkylation sites (N-methyl/N-ethyl adjacent to an activating group) is 1. The SMILES string of the molecule is CN([C@@H]1CNC[C@H]1O)S(=O)(=O)c1ccc2ccccc2c1. The van der Waals surface area contributed by atoms with Crippen LogP contribution in [0.2, 0.25) is 0 Å². The van der Waals surface area contributed by atoms with Crippen LogP contribution in [-0.4, -0.2) is 50.1 Å². The number of hydrogen-bond donors (Lipinski definition) is 2. The Morgan fingerprint density at radius 3 is 2.52 bits per heavy atom. The van der Waals surface area contributed by atoms with Gasteiger partial charge in [-0.3, -0.25) is 0 Å². The third-order valence-corrected chi connectivity index (χ3v) is 5.89. The Labute approximate surface area is 124 Å². The third kappa shape index (κ3) is 2.55. The van der Waals surface area contributed by atoms with E-state index in [1.807, 2.05) is 24.3 Å². The molecule has 0 spiro atoms. The molecule has 0 aromatic heterocycles. The molecule has 1 saturated heterocycles. The van der Waals surface area contributed by atoms with Crippen LogP contribution in [0.25, 0.3) is 10.8 Å². The molecule has 2 aromatic rings. The Morgan fingerprint density at radius 1 is 1.14 bits per heavy atom. The summed E-state index contributed by atoms with van der Waals surface area (Å²) < 4.78 is 26.7. The third-order valence-electron chi connectivity index (χ3n) is 4.02. The zero-order chi connectivity index (χ0) is 15.0. The Kier molecular flexibility index (Phi) is 3.71. The van der Waals surface area contributed by atoms with Gasteiger partial charge in [-0.25, -0.2) is 8.42 Å². The van der Waals surface area contributed by atoms with Crippen LogP contribution in [0.15, 0.2) is 47.4 Å². The zero-order valence-corrected chi connectivity index (χ0v) is 12.5. The maximum absolute atomic E-state index is 12.7. The van der Waals surface area contributed by atoms with Gasteiger partial charge in [-0.2, -0.15) is 4.31 Å². The van der Waals surface area contributed by atoms with Crippen molar-refractivity contribution in [2.45, 2.75) is 17.0 Å². The van der Waals surface area contributed by atoms with E-state index in [-0.39, 0.29) is 4.90 Å². The number of nitrogens with zero attached hydrogens (tertiary/aromatic N) is 1. The molecule has 0 unspecified atom stereocenters. The van der Waals surface area contributed by atoms with Crippen LogP contribution in [0.5, 0.6) is 0 Å². The molecule has 1 aliphatic rings. The monoisotopic (exact) mass is 306 g/mol. The molecule has 1 aliphatic heterocycles. The number of hydrogen-bond acceptors (Lipinski definition) is 4. The lowest BCUT2D eigenvalue weighted by Gasteiger charge is -2.25. The van der Waals surface area contributed by atoms with E-state index in [0.717, 1.165) is 10.8 Å². The van der Waals surface area contributed by atoms with Gasteiger partial charge in [-0.05, 0) is 22.9 Å². The van der Waals surface area contributed by atoms with Gasteiger partial charge in [0.05, 0.1) is 17.0 Å². The molecule has 21 heavy (non-hydrogen) atoms. The molecule has 3 rings (SSSR count). The summed E-state index contributed by atoms with van der Waals surface area (Å²) in [6.07, 6.45) is -0.676. The van der Waals surface area contributed by atoms with Gasteiger partial charge in [0, 0.05) is 20.1 Å². The molecule has 1 heterocycles. The number of benzene rings is 2. The zero-order valence-electron chi connectivity index (χ0n) is 11.7. The van der Waals surface area contributed by atoms with Crippen LogP contribution in [-0.2, 0) is 10.0 Å². The maximum Gasteiger partial charge on any atom is 0.243 e.